The van der Waals surface area contributed by atoms with Gasteiger partial charge >= 0.3 is 12.1 Å². The summed E-state index contributed by atoms with van der Waals surface area (Å²) in [6.07, 6.45) is -0.0287. The van der Waals surface area contributed by atoms with Crippen LogP contribution in [0.2, 0.25) is 0 Å². The van der Waals surface area contributed by atoms with E-state index in [1.54, 1.807) is 19.1 Å². The highest BCUT2D eigenvalue weighted by molar-refractivity contribution is 5.89. The van der Waals surface area contributed by atoms with Gasteiger partial charge in [-0.1, -0.05) is 80.9 Å². The molecule has 1 aliphatic carbocycles. The number of carboxylic acid groups (broad SMARTS) is 1. The van der Waals surface area contributed by atoms with Crippen molar-refractivity contribution in [1.82, 2.24) is 10.6 Å². The average molecular weight is 545 g/mol. The van der Waals surface area contributed by atoms with Crippen molar-refractivity contribution in [2.24, 2.45) is 5.92 Å². The smallest absolute Gasteiger partial charge is 0.407 e. The van der Waals surface area contributed by atoms with Gasteiger partial charge in [0, 0.05) is 12.3 Å². The molecule has 0 fully saturated rings. The van der Waals surface area contributed by atoms with E-state index in [-0.39, 0.29) is 24.9 Å². The van der Waals surface area contributed by atoms with Crippen LogP contribution in [0.4, 0.5) is 4.79 Å². The molecule has 2 amide bonds. The average Bonchev–Trinajstić information content (AvgIpc) is 3.28. The highest BCUT2D eigenvalue weighted by Gasteiger charge is 2.32. The highest BCUT2D eigenvalue weighted by atomic mass is 16.5. The number of ether oxygens (including phenoxy) is 2. The fraction of sp³-hybridized carbons (Fsp3) is 0.344. The molecule has 3 aromatic rings. The molecule has 3 aromatic carbocycles. The number of amides is 2. The Labute approximate surface area is 234 Å². The first-order chi connectivity index (χ1) is 19.3. The second kappa shape index (κ2) is 13.2. The first kappa shape index (κ1) is 28.7. The lowest BCUT2D eigenvalue weighted by Crippen LogP contribution is -2.54. The Hall–Kier alpha value is -4.33. The monoisotopic (exact) mass is 544 g/mol. The van der Waals surface area contributed by atoms with Crippen molar-refractivity contribution < 1.29 is 29.0 Å². The largest absolute Gasteiger partial charge is 0.494 e. The van der Waals surface area contributed by atoms with Gasteiger partial charge in [0.1, 0.15) is 24.4 Å². The Balaban J connectivity index is 1.48. The molecule has 8 heteroatoms. The minimum atomic E-state index is -1.12. The maximum Gasteiger partial charge on any atom is 0.407 e. The van der Waals surface area contributed by atoms with Crippen molar-refractivity contribution >= 4 is 18.0 Å². The molecular weight excluding hydrogens is 508 g/mol. The summed E-state index contributed by atoms with van der Waals surface area (Å²) in [6, 6.07) is 21.2. The van der Waals surface area contributed by atoms with Crippen LogP contribution in [0.15, 0.2) is 72.8 Å². The van der Waals surface area contributed by atoms with Gasteiger partial charge in [0.05, 0.1) is 6.61 Å². The summed E-state index contributed by atoms with van der Waals surface area (Å²) in [7, 11) is 0. The van der Waals surface area contributed by atoms with E-state index in [4.69, 9.17) is 9.47 Å². The van der Waals surface area contributed by atoms with Crippen LogP contribution >= 0.6 is 0 Å². The molecule has 3 atom stereocenters. The summed E-state index contributed by atoms with van der Waals surface area (Å²) in [5.74, 6) is -1.43. The molecule has 3 N–H and O–H groups in total. The van der Waals surface area contributed by atoms with Gasteiger partial charge in [-0.25, -0.2) is 9.59 Å². The standard InChI is InChI=1S/C32H36N2O6/c1-4-20(3)29(31(36)37)34-30(35)28(18-21-14-16-22(17-15-21)39-5-2)33-32(38)40-19-27-25-12-8-6-10-23(25)24-11-7-9-13-26(24)27/h6-17,20,27-29H,4-5,18-19H2,1-3H3,(H,33,38)(H,34,35)(H,36,37)/t20-,28+,29-/m0/s1. The predicted molar refractivity (Wildman–Crippen MR) is 152 cm³/mol. The van der Waals surface area contributed by atoms with Crippen LogP contribution in [0.1, 0.15) is 49.8 Å². The lowest BCUT2D eigenvalue weighted by molar-refractivity contribution is -0.143. The quantitative estimate of drug-likeness (QED) is 0.291. The van der Waals surface area contributed by atoms with Crippen LogP contribution in [0, 0.1) is 5.92 Å². The second-order valence-corrected chi connectivity index (χ2v) is 10.0. The van der Waals surface area contributed by atoms with Gasteiger partial charge in [0.25, 0.3) is 0 Å². The third kappa shape index (κ3) is 6.62. The number of hydrogen-bond donors (Lipinski definition) is 3. The molecule has 0 spiro atoms. The molecule has 4 rings (SSSR count). The molecule has 0 radical (unpaired) electrons. The van der Waals surface area contributed by atoms with Gasteiger partial charge in [-0.05, 0) is 52.8 Å². The van der Waals surface area contributed by atoms with Crippen LogP contribution in [-0.4, -0.2) is 48.4 Å². The van der Waals surface area contributed by atoms with Gasteiger partial charge in [0.15, 0.2) is 0 Å². The van der Waals surface area contributed by atoms with E-state index in [1.807, 2.05) is 62.4 Å². The zero-order valence-corrected chi connectivity index (χ0v) is 23.1. The van der Waals surface area contributed by atoms with Crippen LogP contribution in [0.5, 0.6) is 5.75 Å². The maximum absolute atomic E-state index is 13.3. The maximum atomic E-state index is 13.3. The first-order valence-electron chi connectivity index (χ1n) is 13.7. The summed E-state index contributed by atoms with van der Waals surface area (Å²) in [4.78, 5) is 38.2. The summed E-state index contributed by atoms with van der Waals surface area (Å²) in [5, 5.41) is 15.0. The Morgan fingerprint density at radius 1 is 0.875 bits per heavy atom. The Morgan fingerprint density at radius 3 is 2.02 bits per heavy atom. The number of hydrogen-bond acceptors (Lipinski definition) is 5. The summed E-state index contributed by atoms with van der Waals surface area (Å²) < 4.78 is 11.2. The van der Waals surface area contributed by atoms with E-state index < -0.39 is 30.1 Å². The normalized spacial score (nSPS) is 14.3. The van der Waals surface area contributed by atoms with Gasteiger partial charge in [0.2, 0.25) is 5.91 Å². The van der Waals surface area contributed by atoms with E-state index in [0.717, 1.165) is 27.8 Å². The number of aliphatic carboxylic acids is 1. The predicted octanol–water partition coefficient (Wildman–Crippen LogP) is 5.15. The molecule has 0 saturated carbocycles. The van der Waals surface area contributed by atoms with Crippen LogP contribution < -0.4 is 15.4 Å². The van der Waals surface area contributed by atoms with Gasteiger partial charge < -0.3 is 25.2 Å². The number of alkyl carbamates (subject to hydrolysis) is 1. The van der Waals surface area contributed by atoms with Crippen LogP contribution in [0.25, 0.3) is 11.1 Å². The number of fused-ring (bicyclic) bond motifs is 3. The van der Waals surface area contributed by atoms with Gasteiger partial charge in [-0.3, -0.25) is 4.79 Å². The fourth-order valence-electron chi connectivity index (χ4n) is 5.05. The van der Waals surface area contributed by atoms with Gasteiger partial charge in [-0.2, -0.15) is 0 Å². The Bertz CT molecular complexity index is 1290. The molecule has 8 nitrogen and oxygen atoms in total. The number of rotatable bonds is 12. The van der Waals surface area contributed by atoms with Crippen molar-refractivity contribution in [3.8, 4) is 16.9 Å². The van der Waals surface area contributed by atoms with E-state index in [2.05, 4.69) is 22.8 Å². The molecule has 0 aromatic heterocycles. The van der Waals surface area contributed by atoms with Crippen molar-refractivity contribution in [1.29, 1.82) is 0 Å². The molecule has 0 bridgehead atoms. The topological polar surface area (TPSA) is 114 Å². The van der Waals surface area contributed by atoms with Crippen molar-refractivity contribution in [3.05, 3.63) is 89.5 Å². The van der Waals surface area contributed by atoms with E-state index >= 15 is 0 Å². The van der Waals surface area contributed by atoms with Crippen molar-refractivity contribution in [3.63, 3.8) is 0 Å². The first-order valence-corrected chi connectivity index (χ1v) is 13.7. The zero-order chi connectivity index (χ0) is 28.6. The summed E-state index contributed by atoms with van der Waals surface area (Å²) >= 11 is 0. The van der Waals surface area contributed by atoms with E-state index in [1.165, 1.54) is 0 Å². The Morgan fingerprint density at radius 2 is 1.48 bits per heavy atom. The molecule has 210 valence electrons. The van der Waals surface area contributed by atoms with Crippen LogP contribution in [-0.2, 0) is 20.7 Å². The van der Waals surface area contributed by atoms with Crippen molar-refractivity contribution in [2.75, 3.05) is 13.2 Å². The minimum absolute atomic E-state index is 0.0991. The molecule has 0 unspecified atom stereocenters. The molecular formula is C32H36N2O6. The number of nitrogens with one attached hydrogen (secondary N) is 2. The fourth-order valence-corrected chi connectivity index (χ4v) is 5.05. The summed E-state index contributed by atoms with van der Waals surface area (Å²) in [5.41, 5.74) is 5.17. The van der Waals surface area contributed by atoms with Crippen molar-refractivity contribution in [2.45, 2.75) is 51.6 Å². The van der Waals surface area contributed by atoms with Gasteiger partial charge in [-0.15, -0.1) is 0 Å². The Kier molecular flexibility index (Phi) is 9.43. The molecule has 40 heavy (non-hydrogen) atoms. The molecule has 0 saturated heterocycles. The number of benzene rings is 3. The molecule has 1 aliphatic rings. The lowest BCUT2D eigenvalue weighted by Gasteiger charge is -2.24. The molecule has 0 aliphatic heterocycles. The second-order valence-electron chi connectivity index (χ2n) is 10.0. The third-order valence-electron chi connectivity index (χ3n) is 7.40. The number of carbonyl (C=O) groups excluding carboxylic acids is 2. The number of carboxylic acids is 1. The SMILES string of the molecule is CCOc1ccc(C[C@@H](NC(=O)OCC2c3ccccc3-c3ccccc32)C(=O)N[C@H](C(=O)O)[C@@H](C)CC)cc1. The summed E-state index contributed by atoms with van der Waals surface area (Å²) in [6.45, 7) is 6.14. The minimum Gasteiger partial charge on any atom is -0.494 e. The molecule has 0 heterocycles. The van der Waals surface area contributed by atoms with Crippen LogP contribution in [0.3, 0.4) is 0 Å². The third-order valence-corrected chi connectivity index (χ3v) is 7.40. The lowest BCUT2D eigenvalue weighted by atomic mass is 9.98. The van der Waals surface area contributed by atoms with E-state index in [0.29, 0.717) is 18.8 Å². The highest BCUT2D eigenvalue weighted by Crippen LogP contribution is 2.44. The number of carbonyl (C=O) groups is 3. The zero-order valence-electron chi connectivity index (χ0n) is 23.1. The van der Waals surface area contributed by atoms with E-state index in [9.17, 15) is 19.5 Å².